The molecule has 1 aliphatic rings. The Bertz CT molecular complexity index is 465. The Morgan fingerprint density at radius 1 is 1.48 bits per heavy atom. The van der Waals surface area contributed by atoms with Crippen LogP contribution in [0.2, 0.25) is 0 Å². The molecular formula is C16H25ClN2O2. The molecule has 1 unspecified atom stereocenters. The highest BCUT2D eigenvalue weighted by atomic mass is 35.5. The number of amides is 1. The number of hydrogen-bond donors (Lipinski definition) is 1. The normalized spacial score (nSPS) is 18.3. The molecule has 21 heavy (non-hydrogen) atoms. The van der Waals surface area contributed by atoms with Gasteiger partial charge in [0.15, 0.2) is 0 Å². The number of nitrogens with zero attached hydrogens (tertiary/aromatic N) is 1. The molecule has 1 fully saturated rings. The highest BCUT2D eigenvalue weighted by molar-refractivity contribution is 5.85. The quantitative estimate of drug-likeness (QED) is 0.927. The van der Waals surface area contributed by atoms with E-state index in [4.69, 9.17) is 4.74 Å². The minimum absolute atomic E-state index is 0. The van der Waals surface area contributed by atoms with Gasteiger partial charge in [-0.25, -0.2) is 0 Å². The van der Waals surface area contributed by atoms with Crippen molar-refractivity contribution in [3.05, 3.63) is 29.8 Å². The van der Waals surface area contributed by atoms with Crippen molar-refractivity contribution in [1.82, 2.24) is 10.2 Å². The number of nitrogens with one attached hydrogen (secondary N) is 1. The molecular weight excluding hydrogens is 288 g/mol. The molecule has 4 nitrogen and oxygen atoms in total. The molecule has 1 aliphatic heterocycles. The molecule has 0 aromatic heterocycles. The van der Waals surface area contributed by atoms with Crippen molar-refractivity contribution in [3.8, 4) is 5.75 Å². The first-order valence-electron chi connectivity index (χ1n) is 7.32. The van der Waals surface area contributed by atoms with Gasteiger partial charge >= 0.3 is 0 Å². The zero-order valence-corrected chi connectivity index (χ0v) is 13.8. The molecule has 0 radical (unpaired) electrons. The molecule has 1 amide bonds. The van der Waals surface area contributed by atoms with E-state index in [0.717, 1.165) is 30.9 Å². The maximum Gasteiger partial charge on any atom is 0.227 e. The number of benzene rings is 1. The van der Waals surface area contributed by atoms with E-state index >= 15 is 0 Å². The number of ether oxygens (including phenoxy) is 1. The van der Waals surface area contributed by atoms with E-state index < -0.39 is 0 Å². The summed E-state index contributed by atoms with van der Waals surface area (Å²) in [5, 5.41) is 3.30. The average Bonchev–Trinajstić information content (AvgIpc) is 2.38. The van der Waals surface area contributed by atoms with Gasteiger partial charge in [-0.05, 0) is 38.5 Å². The second-order valence-electron chi connectivity index (χ2n) is 5.63. The fourth-order valence-corrected chi connectivity index (χ4v) is 2.49. The Labute approximate surface area is 133 Å². The van der Waals surface area contributed by atoms with Crippen LogP contribution in [0.1, 0.15) is 26.3 Å². The van der Waals surface area contributed by atoms with Gasteiger partial charge < -0.3 is 15.0 Å². The minimum Gasteiger partial charge on any atom is -0.491 e. The molecule has 118 valence electrons. The monoisotopic (exact) mass is 312 g/mol. The van der Waals surface area contributed by atoms with Crippen LogP contribution < -0.4 is 10.1 Å². The predicted molar refractivity (Wildman–Crippen MR) is 87.2 cm³/mol. The summed E-state index contributed by atoms with van der Waals surface area (Å²) in [6.07, 6.45) is 0.591. The standard InChI is InChI=1S/C16H24N2O2.ClH/c1-12(2)20-15-6-4-5-14(9-15)10-16(19)18-8-7-17-11-13(18)3;/h4-6,9,12-13,17H,7-8,10-11H2,1-3H3;1H. The summed E-state index contributed by atoms with van der Waals surface area (Å²) >= 11 is 0. The van der Waals surface area contributed by atoms with Gasteiger partial charge in [0.1, 0.15) is 5.75 Å². The van der Waals surface area contributed by atoms with Crippen LogP contribution in [0.3, 0.4) is 0 Å². The summed E-state index contributed by atoms with van der Waals surface area (Å²) in [6, 6.07) is 8.09. The van der Waals surface area contributed by atoms with E-state index in [0.29, 0.717) is 6.42 Å². The van der Waals surface area contributed by atoms with Gasteiger partial charge in [0.2, 0.25) is 5.91 Å². The lowest BCUT2D eigenvalue weighted by atomic mass is 10.1. The van der Waals surface area contributed by atoms with E-state index in [-0.39, 0.29) is 30.5 Å². The SMILES string of the molecule is CC(C)Oc1cccc(CC(=O)N2CCNCC2C)c1.Cl. The van der Waals surface area contributed by atoms with Crippen LogP contribution in [0.15, 0.2) is 24.3 Å². The topological polar surface area (TPSA) is 41.6 Å². The number of hydrogen-bond acceptors (Lipinski definition) is 3. The zero-order chi connectivity index (χ0) is 14.5. The predicted octanol–water partition coefficient (Wildman–Crippen LogP) is 2.26. The molecule has 1 atom stereocenters. The zero-order valence-electron chi connectivity index (χ0n) is 13.0. The number of piperazine rings is 1. The van der Waals surface area contributed by atoms with E-state index in [9.17, 15) is 4.79 Å². The lowest BCUT2D eigenvalue weighted by molar-refractivity contribution is -0.133. The minimum atomic E-state index is 0. The Morgan fingerprint density at radius 3 is 2.90 bits per heavy atom. The smallest absolute Gasteiger partial charge is 0.227 e. The Morgan fingerprint density at radius 2 is 2.24 bits per heavy atom. The van der Waals surface area contributed by atoms with Crippen LogP contribution in [0.5, 0.6) is 5.75 Å². The van der Waals surface area contributed by atoms with Gasteiger partial charge in [-0.15, -0.1) is 12.4 Å². The van der Waals surface area contributed by atoms with E-state index in [2.05, 4.69) is 12.2 Å². The largest absolute Gasteiger partial charge is 0.491 e. The summed E-state index contributed by atoms with van der Waals surface area (Å²) in [7, 11) is 0. The third kappa shape index (κ3) is 5.21. The van der Waals surface area contributed by atoms with Crippen molar-refractivity contribution in [2.24, 2.45) is 0 Å². The fourth-order valence-electron chi connectivity index (χ4n) is 2.49. The van der Waals surface area contributed by atoms with Crippen LogP contribution in [-0.2, 0) is 11.2 Å². The molecule has 1 N–H and O–H groups in total. The maximum atomic E-state index is 12.4. The second kappa shape index (κ2) is 8.25. The lowest BCUT2D eigenvalue weighted by Crippen LogP contribution is -2.52. The van der Waals surface area contributed by atoms with Crippen LogP contribution in [0, 0.1) is 0 Å². The lowest BCUT2D eigenvalue weighted by Gasteiger charge is -2.34. The highest BCUT2D eigenvalue weighted by Gasteiger charge is 2.22. The third-order valence-electron chi connectivity index (χ3n) is 3.45. The van der Waals surface area contributed by atoms with Crippen molar-refractivity contribution in [2.45, 2.75) is 39.3 Å². The van der Waals surface area contributed by atoms with Gasteiger partial charge in [0.05, 0.1) is 12.5 Å². The summed E-state index contributed by atoms with van der Waals surface area (Å²) < 4.78 is 5.67. The molecule has 1 saturated heterocycles. The molecule has 1 aromatic carbocycles. The number of rotatable bonds is 4. The van der Waals surface area contributed by atoms with Crippen molar-refractivity contribution in [1.29, 1.82) is 0 Å². The molecule has 0 saturated carbocycles. The first-order valence-corrected chi connectivity index (χ1v) is 7.32. The summed E-state index contributed by atoms with van der Waals surface area (Å²) in [5.41, 5.74) is 1.01. The first-order chi connectivity index (χ1) is 9.56. The molecule has 5 heteroatoms. The third-order valence-corrected chi connectivity index (χ3v) is 3.45. The summed E-state index contributed by atoms with van der Waals surface area (Å²) in [5.74, 6) is 1.03. The van der Waals surface area contributed by atoms with Crippen molar-refractivity contribution < 1.29 is 9.53 Å². The molecule has 1 aromatic rings. The number of carbonyl (C=O) groups excluding carboxylic acids is 1. The van der Waals surface area contributed by atoms with Crippen molar-refractivity contribution in [2.75, 3.05) is 19.6 Å². The number of carbonyl (C=O) groups is 1. The molecule has 0 aliphatic carbocycles. The maximum absolute atomic E-state index is 12.4. The van der Waals surface area contributed by atoms with Gasteiger partial charge in [-0.3, -0.25) is 4.79 Å². The van der Waals surface area contributed by atoms with E-state index in [1.807, 2.05) is 43.0 Å². The molecule has 1 heterocycles. The van der Waals surface area contributed by atoms with E-state index in [1.54, 1.807) is 0 Å². The first kappa shape index (κ1) is 17.8. The fraction of sp³-hybridized carbons (Fsp3) is 0.562. The molecule has 0 bridgehead atoms. The Balaban J connectivity index is 0.00000220. The summed E-state index contributed by atoms with van der Waals surface area (Å²) in [4.78, 5) is 14.3. The van der Waals surface area contributed by atoms with Crippen molar-refractivity contribution >= 4 is 18.3 Å². The Kier molecular flexibility index (Phi) is 6.99. The average molecular weight is 313 g/mol. The second-order valence-corrected chi connectivity index (χ2v) is 5.63. The summed E-state index contributed by atoms with van der Waals surface area (Å²) in [6.45, 7) is 8.64. The van der Waals surface area contributed by atoms with Gasteiger partial charge in [0.25, 0.3) is 0 Å². The van der Waals surface area contributed by atoms with Crippen LogP contribution in [-0.4, -0.2) is 42.6 Å². The number of halogens is 1. The molecule has 0 spiro atoms. The van der Waals surface area contributed by atoms with Crippen LogP contribution >= 0.6 is 12.4 Å². The van der Waals surface area contributed by atoms with Gasteiger partial charge in [-0.1, -0.05) is 12.1 Å². The molecule has 2 rings (SSSR count). The van der Waals surface area contributed by atoms with Crippen LogP contribution in [0.25, 0.3) is 0 Å². The van der Waals surface area contributed by atoms with Gasteiger partial charge in [0, 0.05) is 25.7 Å². The van der Waals surface area contributed by atoms with Crippen molar-refractivity contribution in [3.63, 3.8) is 0 Å². The van der Waals surface area contributed by atoms with E-state index in [1.165, 1.54) is 0 Å². The Hall–Kier alpha value is -1.26. The highest BCUT2D eigenvalue weighted by Crippen LogP contribution is 2.16. The van der Waals surface area contributed by atoms with Gasteiger partial charge in [-0.2, -0.15) is 0 Å². The van der Waals surface area contributed by atoms with Crippen LogP contribution in [0.4, 0.5) is 0 Å².